The molecule has 2 aromatic carbocycles. The normalized spacial score (nSPS) is 33.5. The Kier molecular flexibility index (Phi) is 38.3. The lowest BCUT2D eigenvalue weighted by atomic mass is 9.94. The highest BCUT2D eigenvalue weighted by Gasteiger charge is 2.61. The molecule has 0 aliphatic carbocycles. The van der Waals surface area contributed by atoms with Crippen molar-refractivity contribution >= 4 is 0 Å². The van der Waals surface area contributed by atoms with Gasteiger partial charge in [0, 0.05) is 70.6 Å². The van der Waals surface area contributed by atoms with E-state index in [0.717, 1.165) is 146 Å². The molecule has 6 aliphatic rings. The first-order valence-corrected chi connectivity index (χ1v) is 38.6. The van der Waals surface area contributed by atoms with Gasteiger partial charge in [-0.05, 0) is 77.6 Å². The smallest absolute Gasteiger partial charge is 0.187 e. The number of ether oxygens (including phenoxy) is 20. The molecule has 0 radical (unpaired) electrons. The van der Waals surface area contributed by atoms with E-state index in [4.69, 9.17) is 94.7 Å². The number of rotatable bonds is 49. The molecule has 0 N–H and O–H groups in total. The molecule has 22 atom stereocenters. The molecule has 6 saturated heterocycles. The molecule has 0 bridgehead atoms. The number of benzene rings is 2. The Hall–Kier alpha value is -2.62. The second-order valence-electron chi connectivity index (χ2n) is 27.1. The van der Waals surface area contributed by atoms with Gasteiger partial charge in [-0.15, -0.1) is 6.58 Å². The van der Waals surface area contributed by atoms with Crippen LogP contribution in [0, 0.1) is 0 Å². The summed E-state index contributed by atoms with van der Waals surface area (Å²) >= 11 is 0. The number of hydrogen-bond acceptors (Lipinski definition) is 20. The summed E-state index contributed by atoms with van der Waals surface area (Å²) in [7, 11) is 0. The fourth-order valence-electron chi connectivity index (χ4n) is 13.3. The van der Waals surface area contributed by atoms with E-state index in [0.29, 0.717) is 59.5 Å². The lowest BCUT2D eigenvalue weighted by Gasteiger charge is -2.54. The molecule has 20 heteroatoms. The highest BCUT2D eigenvalue weighted by molar-refractivity contribution is 5.18. The van der Waals surface area contributed by atoms with Crippen LogP contribution in [0.3, 0.4) is 0 Å². The van der Waals surface area contributed by atoms with E-state index in [1.54, 1.807) is 0 Å². The minimum Gasteiger partial charge on any atom is -0.379 e. The van der Waals surface area contributed by atoms with E-state index in [9.17, 15) is 0 Å². The summed E-state index contributed by atoms with van der Waals surface area (Å²) in [6, 6.07) is 19.9. The molecule has 20 nitrogen and oxygen atoms in total. The van der Waals surface area contributed by atoms with E-state index in [1.165, 1.54) is 0 Å². The molecule has 560 valence electrons. The maximum absolute atomic E-state index is 7.94. The van der Waals surface area contributed by atoms with E-state index in [1.807, 2.05) is 73.7 Å². The highest BCUT2D eigenvalue weighted by atomic mass is 16.8. The van der Waals surface area contributed by atoms with E-state index < -0.39 is 135 Å². The van der Waals surface area contributed by atoms with Crippen LogP contribution in [-0.4, -0.2) is 202 Å². The summed E-state index contributed by atoms with van der Waals surface area (Å²) in [5.41, 5.74) is 1.66. The van der Waals surface area contributed by atoms with Crippen LogP contribution >= 0.6 is 0 Å². The molecule has 0 aromatic heterocycles. The summed E-state index contributed by atoms with van der Waals surface area (Å²) in [6.07, 6.45) is 2.55. The lowest BCUT2D eigenvalue weighted by Crippen LogP contribution is -2.70. The molecular formula is C78H128O20. The number of hydrogen-bond donors (Lipinski definition) is 0. The Morgan fingerprint density at radius 2 is 0.735 bits per heavy atom. The predicted molar refractivity (Wildman–Crippen MR) is 372 cm³/mol. The molecular weight excluding hydrogens is 1260 g/mol. The molecule has 0 spiro atoms. The van der Waals surface area contributed by atoms with Gasteiger partial charge in [0.1, 0.15) is 91.6 Å². The van der Waals surface area contributed by atoms with Gasteiger partial charge in [-0.1, -0.05) is 186 Å². The Bertz CT molecular complexity index is 2350. The highest BCUT2D eigenvalue weighted by Crippen LogP contribution is 2.45. The van der Waals surface area contributed by atoms with Gasteiger partial charge in [0.25, 0.3) is 0 Å². The van der Waals surface area contributed by atoms with Crippen LogP contribution in [0.15, 0.2) is 73.3 Å². The van der Waals surface area contributed by atoms with Crippen LogP contribution in [0.2, 0.25) is 0 Å². The molecule has 0 amide bonds. The minimum absolute atomic E-state index is 0.0850. The SMILES string of the molecule is C=CCCCCCCO[C@@H]1OC2COC(c3ccccc3)O[C@@H]2C(O[C@@H]2OC3COC(c4ccccc4)O[C@@H]3C(O[C@H]3OC(COCCCC)[C@H](OCCCC)[C@H](OCCCC)C3OCCCC)[C@@H]2O[C@@H]2OC(C)[C@@H](OCCCC)C(OCCCC)[C@@H]2OCCCC)[C@@H]1OCCCC. The zero-order valence-corrected chi connectivity index (χ0v) is 61.3. The number of allylic oxidation sites excluding steroid dienone is 1. The van der Waals surface area contributed by atoms with Crippen LogP contribution < -0.4 is 0 Å². The maximum Gasteiger partial charge on any atom is 0.187 e. The number of unbranched alkanes of at least 4 members (excludes halogenated alkanes) is 12. The lowest BCUT2D eigenvalue weighted by molar-refractivity contribution is -0.435. The van der Waals surface area contributed by atoms with Crippen LogP contribution in [0.4, 0.5) is 0 Å². The fraction of sp³-hybridized carbons (Fsp3) is 0.821. The van der Waals surface area contributed by atoms with Crippen LogP contribution in [0.5, 0.6) is 0 Å². The second kappa shape index (κ2) is 46.3. The molecule has 2 aromatic rings. The van der Waals surface area contributed by atoms with Crippen molar-refractivity contribution in [3.05, 3.63) is 84.4 Å². The molecule has 6 aliphatic heterocycles. The first-order chi connectivity index (χ1) is 48.2. The molecule has 8 rings (SSSR count). The summed E-state index contributed by atoms with van der Waals surface area (Å²) in [6.45, 7) is 27.9. The first kappa shape index (κ1) is 81.1. The zero-order valence-electron chi connectivity index (χ0n) is 61.3. The summed E-state index contributed by atoms with van der Waals surface area (Å²) in [4.78, 5) is 0. The third-order valence-electron chi connectivity index (χ3n) is 19.1. The van der Waals surface area contributed by atoms with Crippen LogP contribution in [0.25, 0.3) is 0 Å². The maximum atomic E-state index is 7.94. The fourth-order valence-corrected chi connectivity index (χ4v) is 13.3. The van der Waals surface area contributed by atoms with Crippen molar-refractivity contribution in [2.75, 3.05) is 79.3 Å². The van der Waals surface area contributed by atoms with Crippen molar-refractivity contribution in [1.29, 1.82) is 0 Å². The average Bonchev–Trinajstić information content (AvgIpc) is 0.750. The standard InChI is InChI=1S/C78H128O20/c1-11-20-29-30-31-38-51-87-75-71(86-50-28-19-9)67(63-59(91-75)53-88-73(94-63)56-39-34-32-35-40-56)96-78-72(98-76-69(84-48-26-17-7)65(82-46-24-15-5)61(55(10)90-76)80-44-22-13-3)68(64-60(93-78)54-89-74(95-64)57-41-36-33-37-42-57)97-77-70(85-49-27-18-8)66(83-47-25-16-6)62(81-45-23-14-4)58(92-77)52-79-43-21-12-2/h11,32-37,39-42,55,58-78H,1,12-31,38,43-54H2,2-10H3/t55?,58?,59?,60?,61-,62+,63+,64+,65?,66+,67?,68?,69+,70?,71+,72+,73?,74?,75-,76+,77-,78+/m1/s1. The van der Waals surface area contributed by atoms with Crippen LogP contribution in [0.1, 0.15) is 221 Å². The Labute approximate surface area is 588 Å². The van der Waals surface area contributed by atoms with Gasteiger partial charge in [-0.3, -0.25) is 0 Å². The van der Waals surface area contributed by atoms with Crippen molar-refractivity contribution in [3.63, 3.8) is 0 Å². The monoisotopic (exact) mass is 1380 g/mol. The van der Waals surface area contributed by atoms with Crippen molar-refractivity contribution in [1.82, 2.24) is 0 Å². The largest absolute Gasteiger partial charge is 0.379 e. The van der Waals surface area contributed by atoms with Gasteiger partial charge in [-0.25, -0.2) is 0 Å². The van der Waals surface area contributed by atoms with Crippen molar-refractivity contribution in [3.8, 4) is 0 Å². The van der Waals surface area contributed by atoms with E-state index >= 15 is 0 Å². The van der Waals surface area contributed by atoms with E-state index in [2.05, 4.69) is 62.0 Å². The predicted octanol–water partition coefficient (Wildman–Crippen LogP) is 14.6. The quantitative estimate of drug-likeness (QED) is 0.0449. The molecule has 6 heterocycles. The van der Waals surface area contributed by atoms with Gasteiger partial charge in [0.05, 0.1) is 25.9 Å². The second-order valence-corrected chi connectivity index (χ2v) is 27.1. The van der Waals surface area contributed by atoms with Crippen LogP contribution in [-0.2, 0) is 94.7 Å². The van der Waals surface area contributed by atoms with E-state index in [-0.39, 0.29) is 19.8 Å². The minimum atomic E-state index is -1.30. The summed E-state index contributed by atoms with van der Waals surface area (Å²) in [5.74, 6) is 0. The van der Waals surface area contributed by atoms with Gasteiger partial charge in [-0.2, -0.15) is 0 Å². The third-order valence-corrected chi connectivity index (χ3v) is 19.1. The Balaban J connectivity index is 1.31. The van der Waals surface area contributed by atoms with Gasteiger partial charge < -0.3 is 94.7 Å². The number of fused-ring (bicyclic) bond motifs is 2. The Morgan fingerprint density at radius 1 is 0.357 bits per heavy atom. The zero-order chi connectivity index (χ0) is 69.1. The van der Waals surface area contributed by atoms with Gasteiger partial charge in [0.2, 0.25) is 0 Å². The molecule has 10 unspecified atom stereocenters. The molecule has 0 saturated carbocycles. The third kappa shape index (κ3) is 24.2. The van der Waals surface area contributed by atoms with Gasteiger partial charge in [0.15, 0.2) is 37.7 Å². The van der Waals surface area contributed by atoms with Crippen molar-refractivity contribution in [2.24, 2.45) is 0 Å². The molecule has 98 heavy (non-hydrogen) atoms. The molecule has 6 fully saturated rings. The first-order valence-electron chi connectivity index (χ1n) is 38.6. The Morgan fingerprint density at radius 3 is 1.22 bits per heavy atom. The average molecular weight is 1390 g/mol. The summed E-state index contributed by atoms with van der Waals surface area (Å²) < 4.78 is 143. The van der Waals surface area contributed by atoms with Crippen molar-refractivity contribution in [2.45, 2.75) is 333 Å². The topological polar surface area (TPSA) is 185 Å². The van der Waals surface area contributed by atoms with Gasteiger partial charge >= 0.3 is 0 Å². The summed E-state index contributed by atoms with van der Waals surface area (Å²) in [5, 5.41) is 0. The van der Waals surface area contributed by atoms with Crippen molar-refractivity contribution < 1.29 is 94.7 Å².